The van der Waals surface area contributed by atoms with Crippen LogP contribution in [0.2, 0.25) is 0 Å². The molecule has 3 rings (SSSR count). The molecule has 5 N–H and O–H groups in total. The van der Waals surface area contributed by atoms with Crippen LogP contribution in [-0.4, -0.2) is 28.8 Å². The number of nitrogens with zero attached hydrogens (tertiary/aromatic N) is 2. The molecule has 2 aromatic rings. The molecule has 1 unspecified atom stereocenters. The lowest BCUT2D eigenvalue weighted by atomic mass is 10.1. The lowest BCUT2D eigenvalue weighted by Gasteiger charge is -2.28. The summed E-state index contributed by atoms with van der Waals surface area (Å²) in [6.45, 7) is 4.89. The van der Waals surface area contributed by atoms with Gasteiger partial charge in [0, 0.05) is 17.1 Å². The van der Waals surface area contributed by atoms with Crippen LogP contribution in [-0.2, 0) is 9.53 Å². The molecule has 0 saturated carbocycles. The van der Waals surface area contributed by atoms with Crippen LogP contribution in [0.15, 0.2) is 18.3 Å². The molecule has 0 fully saturated rings. The summed E-state index contributed by atoms with van der Waals surface area (Å²) in [7, 11) is 0. The topological polar surface area (TPSA) is 124 Å². The van der Waals surface area contributed by atoms with E-state index in [2.05, 4.69) is 4.98 Å². The smallest absolute Gasteiger partial charge is 0.443 e. The molecule has 8 nitrogen and oxygen atoms in total. The largest absolute Gasteiger partial charge is 0.471 e. The highest BCUT2D eigenvalue weighted by Crippen LogP contribution is 2.48. The van der Waals surface area contributed by atoms with Gasteiger partial charge in [-0.1, -0.05) is 0 Å². The van der Waals surface area contributed by atoms with Crippen LogP contribution < -0.4 is 21.7 Å². The van der Waals surface area contributed by atoms with Gasteiger partial charge in [0.1, 0.15) is 11.8 Å². The van der Waals surface area contributed by atoms with Crippen LogP contribution in [0, 0.1) is 0 Å². The van der Waals surface area contributed by atoms with Crippen molar-refractivity contribution >= 4 is 40.0 Å². The monoisotopic (exact) mass is 397 g/mol. The molecule has 0 saturated heterocycles. The van der Waals surface area contributed by atoms with Crippen molar-refractivity contribution in [1.29, 1.82) is 0 Å². The average Bonchev–Trinajstić information content (AvgIpc) is 2.84. The molecular formula is C17H18F3N5O3. The number of halogens is 3. The Bertz CT molecular complexity index is 985. The van der Waals surface area contributed by atoms with E-state index in [0.29, 0.717) is 5.56 Å². The number of anilines is 3. The quantitative estimate of drug-likeness (QED) is 0.636. The number of aromatic nitrogens is 1. The van der Waals surface area contributed by atoms with Gasteiger partial charge in [0.2, 0.25) is 0 Å². The minimum absolute atomic E-state index is 0.0244. The number of nitrogen functional groups attached to an aromatic ring is 1. The second kappa shape index (κ2) is 6.23. The summed E-state index contributed by atoms with van der Waals surface area (Å²) in [6.07, 6.45) is -5.65. The second-order valence-electron chi connectivity index (χ2n) is 7.23. The van der Waals surface area contributed by atoms with Crippen LogP contribution in [0.25, 0.3) is 10.9 Å². The number of benzene rings is 1. The maximum absolute atomic E-state index is 12.8. The predicted octanol–water partition coefficient (Wildman–Crippen LogP) is 3.03. The predicted molar refractivity (Wildman–Crippen MR) is 96.5 cm³/mol. The minimum atomic E-state index is -5.13. The van der Waals surface area contributed by atoms with Crippen LogP contribution in [0.3, 0.4) is 0 Å². The highest BCUT2D eigenvalue weighted by molar-refractivity contribution is 6.16. The Labute approximate surface area is 157 Å². The van der Waals surface area contributed by atoms with Gasteiger partial charge in [-0.2, -0.15) is 13.2 Å². The van der Waals surface area contributed by atoms with Gasteiger partial charge in [-0.3, -0.25) is 14.7 Å². The van der Waals surface area contributed by atoms with E-state index in [1.54, 1.807) is 26.1 Å². The zero-order valence-electron chi connectivity index (χ0n) is 15.2. The van der Waals surface area contributed by atoms with Crippen LogP contribution in [0.4, 0.5) is 35.0 Å². The summed E-state index contributed by atoms with van der Waals surface area (Å²) in [5.41, 5.74) is 11.5. The molecule has 0 spiro atoms. The Kier molecular flexibility index (Phi) is 4.38. The van der Waals surface area contributed by atoms with Gasteiger partial charge in [0.05, 0.1) is 22.6 Å². The molecule has 11 heteroatoms. The Morgan fingerprint density at radius 3 is 2.50 bits per heavy atom. The standard InChI is InChI=1S/C17H18F3N5O3/c1-16(2,3)28-15(27)25-12-9(24-14(26)17(18,19)20)6-8(21)11-10(12)7(13(25)22)4-5-23-11/h4-6,13H,21-22H2,1-3H3,(H,24,26). The first kappa shape index (κ1) is 19.7. The summed E-state index contributed by atoms with van der Waals surface area (Å²) in [4.78, 5) is 29.3. The van der Waals surface area contributed by atoms with E-state index in [1.807, 2.05) is 0 Å². The van der Waals surface area contributed by atoms with Crippen LogP contribution in [0.1, 0.15) is 32.5 Å². The molecule has 1 aliphatic heterocycles. The third-order valence-corrected chi connectivity index (χ3v) is 3.98. The second-order valence-corrected chi connectivity index (χ2v) is 7.23. The molecule has 1 atom stereocenters. The number of alkyl halides is 3. The molecule has 2 amide bonds. The van der Waals surface area contributed by atoms with E-state index in [-0.39, 0.29) is 28.0 Å². The molecular weight excluding hydrogens is 379 g/mol. The Morgan fingerprint density at radius 2 is 1.93 bits per heavy atom. The number of carbonyl (C=O) groups excluding carboxylic acids is 2. The third-order valence-electron chi connectivity index (χ3n) is 3.98. The van der Waals surface area contributed by atoms with Crippen molar-refractivity contribution < 1.29 is 27.5 Å². The van der Waals surface area contributed by atoms with E-state index in [1.165, 1.54) is 12.3 Å². The number of hydrogen-bond donors (Lipinski definition) is 3. The van der Waals surface area contributed by atoms with Crippen molar-refractivity contribution in [2.24, 2.45) is 5.73 Å². The third kappa shape index (κ3) is 3.28. The van der Waals surface area contributed by atoms with Gasteiger partial charge in [0.15, 0.2) is 0 Å². The average molecular weight is 397 g/mol. The number of amides is 2. The van der Waals surface area contributed by atoms with E-state index >= 15 is 0 Å². The van der Waals surface area contributed by atoms with E-state index in [4.69, 9.17) is 16.2 Å². The first-order chi connectivity index (χ1) is 12.8. The molecule has 28 heavy (non-hydrogen) atoms. The van der Waals surface area contributed by atoms with Gasteiger partial charge < -0.3 is 21.5 Å². The highest BCUT2D eigenvalue weighted by Gasteiger charge is 2.42. The molecule has 1 aromatic heterocycles. The molecule has 150 valence electrons. The lowest BCUT2D eigenvalue weighted by Crippen LogP contribution is -2.41. The molecule has 0 radical (unpaired) electrons. The Morgan fingerprint density at radius 1 is 1.29 bits per heavy atom. The molecule has 1 aromatic carbocycles. The van der Waals surface area contributed by atoms with Gasteiger partial charge in [-0.05, 0) is 32.9 Å². The van der Waals surface area contributed by atoms with Crippen molar-refractivity contribution in [1.82, 2.24) is 4.98 Å². The SMILES string of the molecule is CC(C)(C)OC(=O)N1c2c(NC(=O)C(F)(F)F)cc(N)c3nccc(c23)C1N. The first-order valence-corrected chi connectivity index (χ1v) is 8.18. The molecule has 0 bridgehead atoms. The van der Waals surface area contributed by atoms with E-state index in [9.17, 15) is 22.8 Å². The fourth-order valence-corrected chi connectivity index (χ4v) is 2.95. The van der Waals surface area contributed by atoms with Crippen LogP contribution >= 0.6 is 0 Å². The Balaban J connectivity index is 2.21. The number of rotatable bonds is 1. The fraction of sp³-hybridized carbons (Fsp3) is 0.353. The zero-order valence-corrected chi connectivity index (χ0v) is 15.2. The highest BCUT2D eigenvalue weighted by atomic mass is 19.4. The summed E-state index contributed by atoms with van der Waals surface area (Å²) in [5, 5.41) is 2.04. The summed E-state index contributed by atoms with van der Waals surface area (Å²) < 4.78 is 43.6. The Hall–Kier alpha value is -3.08. The van der Waals surface area contributed by atoms with Gasteiger partial charge >= 0.3 is 18.2 Å². The lowest BCUT2D eigenvalue weighted by molar-refractivity contribution is -0.167. The molecule has 2 heterocycles. The van der Waals surface area contributed by atoms with Crippen molar-refractivity contribution in [2.45, 2.75) is 38.7 Å². The zero-order chi connectivity index (χ0) is 21.0. The summed E-state index contributed by atoms with van der Waals surface area (Å²) in [6, 6.07) is 2.63. The maximum Gasteiger partial charge on any atom is 0.471 e. The van der Waals surface area contributed by atoms with Crippen molar-refractivity contribution in [2.75, 3.05) is 16.0 Å². The number of ether oxygens (including phenoxy) is 1. The molecule has 0 aliphatic carbocycles. The van der Waals surface area contributed by atoms with Gasteiger partial charge in [0.25, 0.3) is 0 Å². The number of carbonyl (C=O) groups is 2. The minimum Gasteiger partial charge on any atom is -0.443 e. The van der Waals surface area contributed by atoms with Crippen molar-refractivity contribution in [3.05, 3.63) is 23.9 Å². The summed E-state index contributed by atoms with van der Waals surface area (Å²) >= 11 is 0. The fourth-order valence-electron chi connectivity index (χ4n) is 2.95. The van der Waals surface area contributed by atoms with Crippen LogP contribution in [0.5, 0.6) is 0 Å². The van der Waals surface area contributed by atoms with Gasteiger partial charge in [-0.15, -0.1) is 0 Å². The van der Waals surface area contributed by atoms with Crippen molar-refractivity contribution in [3.8, 4) is 0 Å². The number of hydrogen-bond acceptors (Lipinski definition) is 6. The van der Waals surface area contributed by atoms with Gasteiger partial charge in [-0.25, -0.2) is 4.79 Å². The summed E-state index contributed by atoms with van der Waals surface area (Å²) in [5.74, 6) is -2.21. The van der Waals surface area contributed by atoms with Crippen molar-refractivity contribution in [3.63, 3.8) is 0 Å². The number of pyridine rings is 1. The number of nitrogens with one attached hydrogen (secondary N) is 1. The van der Waals surface area contributed by atoms with E-state index < -0.39 is 29.9 Å². The first-order valence-electron chi connectivity index (χ1n) is 8.18. The maximum atomic E-state index is 12.8. The normalized spacial score (nSPS) is 16.4. The molecule has 1 aliphatic rings. The van der Waals surface area contributed by atoms with E-state index in [0.717, 1.165) is 11.0 Å². The number of nitrogens with two attached hydrogens (primary N) is 2.